The molecule has 1 aromatic carbocycles. The van der Waals surface area contributed by atoms with Crippen LogP contribution in [-0.4, -0.2) is 10.3 Å². The highest BCUT2D eigenvalue weighted by Gasteiger charge is 2.07. The van der Waals surface area contributed by atoms with Crippen molar-refractivity contribution in [1.82, 2.24) is 10.3 Å². The molecule has 1 heterocycles. The van der Waals surface area contributed by atoms with Gasteiger partial charge in [0.2, 0.25) is 0 Å². The van der Waals surface area contributed by atoms with E-state index in [1.54, 1.807) is 0 Å². The fourth-order valence-corrected chi connectivity index (χ4v) is 1.34. The molecule has 2 N–H and O–H groups in total. The number of nitrogens with zero attached hydrogens (tertiary/aromatic N) is 2. The van der Waals surface area contributed by atoms with Gasteiger partial charge in [-0.3, -0.25) is 0 Å². The fourth-order valence-electron chi connectivity index (χ4n) is 1.34. The van der Waals surface area contributed by atoms with Crippen LogP contribution in [0.4, 0.5) is 0 Å². The molecule has 0 fully saturated rings. The van der Waals surface area contributed by atoms with Gasteiger partial charge in [0.25, 0.3) is 0 Å². The first-order valence-corrected chi connectivity index (χ1v) is 5.00. The maximum atomic E-state index is 5.61. The highest BCUT2D eigenvalue weighted by molar-refractivity contribution is 5.33. The first-order chi connectivity index (χ1) is 7.81. The lowest BCUT2D eigenvalue weighted by Gasteiger charge is -2.08. The van der Waals surface area contributed by atoms with E-state index in [0.717, 1.165) is 17.0 Å². The summed E-state index contributed by atoms with van der Waals surface area (Å²) >= 11 is 0. The van der Waals surface area contributed by atoms with Gasteiger partial charge in [-0.2, -0.15) is 0 Å². The maximum absolute atomic E-state index is 5.61. The van der Waals surface area contributed by atoms with Crippen LogP contribution in [0.5, 0.6) is 5.75 Å². The van der Waals surface area contributed by atoms with Crippen molar-refractivity contribution >= 4 is 0 Å². The van der Waals surface area contributed by atoms with Crippen LogP contribution < -0.4 is 10.5 Å². The number of para-hydroxylation sites is 1. The van der Waals surface area contributed by atoms with E-state index in [9.17, 15) is 0 Å². The van der Waals surface area contributed by atoms with Crippen molar-refractivity contribution in [2.45, 2.75) is 20.1 Å². The Balaban J connectivity index is 2.07. The predicted octanol–water partition coefficient (Wildman–Crippen LogP) is 1.42. The van der Waals surface area contributed by atoms with E-state index in [0.29, 0.717) is 18.8 Å². The Kier molecular flexibility index (Phi) is 3.16. The smallest absolute Gasteiger partial charge is 0.145 e. The highest BCUT2D eigenvalue weighted by Crippen LogP contribution is 2.18. The molecule has 84 valence electrons. The van der Waals surface area contributed by atoms with Gasteiger partial charge in [-0.15, -0.1) is 0 Å². The number of aromatic nitrogens is 2. The number of nitrogens with two attached hydrogens (primary N) is 1. The van der Waals surface area contributed by atoms with E-state index >= 15 is 0 Å². The molecule has 0 saturated carbocycles. The van der Waals surface area contributed by atoms with Crippen molar-refractivity contribution < 1.29 is 9.37 Å². The average Bonchev–Trinajstić information content (AvgIpc) is 2.72. The summed E-state index contributed by atoms with van der Waals surface area (Å²) in [7, 11) is 0. The van der Waals surface area contributed by atoms with Crippen molar-refractivity contribution in [2.75, 3.05) is 0 Å². The Morgan fingerprint density at radius 1 is 1.31 bits per heavy atom. The molecule has 0 saturated heterocycles. The Bertz CT molecular complexity index is 468. The van der Waals surface area contributed by atoms with E-state index in [1.165, 1.54) is 0 Å². The standard InChI is InChI=1S/C11H13N3O2/c1-8-10(14-16-13-8)7-15-11-5-3-2-4-9(11)6-12/h2-5H,6-7,12H2,1H3. The van der Waals surface area contributed by atoms with Gasteiger partial charge in [-0.1, -0.05) is 28.5 Å². The van der Waals surface area contributed by atoms with Gasteiger partial charge < -0.3 is 10.5 Å². The molecule has 0 atom stereocenters. The topological polar surface area (TPSA) is 74.2 Å². The number of ether oxygens (including phenoxy) is 1. The first kappa shape index (κ1) is 10.6. The van der Waals surface area contributed by atoms with E-state index in [2.05, 4.69) is 14.9 Å². The first-order valence-electron chi connectivity index (χ1n) is 5.00. The van der Waals surface area contributed by atoms with Crippen molar-refractivity contribution in [3.8, 4) is 5.75 Å². The summed E-state index contributed by atoms with van der Waals surface area (Å²) < 4.78 is 10.2. The van der Waals surface area contributed by atoms with E-state index in [4.69, 9.17) is 10.5 Å². The number of hydrogen-bond acceptors (Lipinski definition) is 5. The molecule has 0 radical (unpaired) electrons. The molecule has 0 unspecified atom stereocenters. The Labute approximate surface area is 93.2 Å². The van der Waals surface area contributed by atoms with E-state index in [1.807, 2.05) is 31.2 Å². The summed E-state index contributed by atoms with van der Waals surface area (Å²) in [6, 6.07) is 7.65. The second-order valence-corrected chi connectivity index (χ2v) is 3.40. The molecule has 2 rings (SSSR count). The molecule has 0 aliphatic carbocycles. The van der Waals surface area contributed by atoms with Crippen LogP contribution in [-0.2, 0) is 13.2 Å². The quantitative estimate of drug-likeness (QED) is 0.841. The number of rotatable bonds is 4. The molecule has 0 aliphatic heterocycles. The van der Waals surface area contributed by atoms with E-state index in [-0.39, 0.29) is 0 Å². The third kappa shape index (κ3) is 2.20. The zero-order valence-electron chi connectivity index (χ0n) is 9.01. The minimum absolute atomic E-state index is 0.340. The zero-order chi connectivity index (χ0) is 11.4. The van der Waals surface area contributed by atoms with Crippen molar-refractivity contribution in [2.24, 2.45) is 5.73 Å². The highest BCUT2D eigenvalue weighted by atomic mass is 16.6. The minimum Gasteiger partial charge on any atom is -0.487 e. The van der Waals surface area contributed by atoms with Crippen molar-refractivity contribution in [1.29, 1.82) is 0 Å². The molecule has 1 aromatic heterocycles. The summed E-state index contributed by atoms with van der Waals surface area (Å²) in [5, 5.41) is 7.42. The Morgan fingerprint density at radius 3 is 2.81 bits per heavy atom. The second kappa shape index (κ2) is 4.76. The van der Waals surface area contributed by atoms with Crippen LogP contribution in [0.15, 0.2) is 28.9 Å². The van der Waals surface area contributed by atoms with Gasteiger partial charge in [0.05, 0.1) is 0 Å². The van der Waals surface area contributed by atoms with Gasteiger partial charge in [-0.25, -0.2) is 4.63 Å². The molecule has 2 aromatic rings. The molecule has 0 bridgehead atoms. The monoisotopic (exact) mass is 219 g/mol. The van der Waals surface area contributed by atoms with Crippen LogP contribution >= 0.6 is 0 Å². The third-order valence-corrected chi connectivity index (χ3v) is 2.30. The summed E-state index contributed by atoms with van der Waals surface area (Å²) in [6.07, 6.45) is 0. The zero-order valence-corrected chi connectivity index (χ0v) is 9.01. The summed E-state index contributed by atoms with van der Waals surface area (Å²) in [5.74, 6) is 0.771. The lowest BCUT2D eigenvalue weighted by atomic mass is 10.2. The van der Waals surface area contributed by atoms with Gasteiger partial charge in [0.15, 0.2) is 0 Å². The summed E-state index contributed by atoms with van der Waals surface area (Å²) in [4.78, 5) is 0. The second-order valence-electron chi connectivity index (χ2n) is 3.40. The van der Waals surface area contributed by atoms with E-state index < -0.39 is 0 Å². The Morgan fingerprint density at radius 2 is 2.12 bits per heavy atom. The van der Waals surface area contributed by atoms with Crippen molar-refractivity contribution in [3.05, 3.63) is 41.2 Å². The van der Waals surface area contributed by atoms with Gasteiger partial charge in [-0.05, 0) is 13.0 Å². The lowest BCUT2D eigenvalue weighted by Crippen LogP contribution is -2.03. The number of aryl methyl sites for hydroxylation is 1. The normalized spacial score (nSPS) is 10.4. The third-order valence-electron chi connectivity index (χ3n) is 2.30. The van der Waals surface area contributed by atoms with Crippen molar-refractivity contribution in [3.63, 3.8) is 0 Å². The Hall–Kier alpha value is -1.88. The molecule has 16 heavy (non-hydrogen) atoms. The minimum atomic E-state index is 0.340. The largest absolute Gasteiger partial charge is 0.487 e. The van der Waals surface area contributed by atoms with Crippen LogP contribution in [0.3, 0.4) is 0 Å². The van der Waals surface area contributed by atoms with Crippen LogP contribution in [0.25, 0.3) is 0 Å². The maximum Gasteiger partial charge on any atom is 0.145 e. The molecule has 0 aliphatic rings. The molecular weight excluding hydrogens is 206 g/mol. The SMILES string of the molecule is Cc1nonc1COc1ccccc1CN. The predicted molar refractivity (Wildman–Crippen MR) is 57.7 cm³/mol. The lowest BCUT2D eigenvalue weighted by molar-refractivity contribution is 0.268. The average molecular weight is 219 g/mol. The van der Waals surface area contributed by atoms with Gasteiger partial charge in [0.1, 0.15) is 23.7 Å². The van der Waals surface area contributed by atoms with Crippen LogP contribution in [0.2, 0.25) is 0 Å². The number of hydrogen-bond donors (Lipinski definition) is 1. The molecule has 5 heteroatoms. The van der Waals surface area contributed by atoms with Crippen LogP contribution in [0, 0.1) is 6.92 Å². The molecule has 5 nitrogen and oxygen atoms in total. The summed E-state index contributed by atoms with van der Waals surface area (Å²) in [6.45, 7) is 2.61. The van der Waals surface area contributed by atoms with Gasteiger partial charge in [0, 0.05) is 12.1 Å². The molecule has 0 amide bonds. The number of benzene rings is 1. The van der Waals surface area contributed by atoms with Gasteiger partial charge >= 0.3 is 0 Å². The fraction of sp³-hybridized carbons (Fsp3) is 0.273. The molecule has 0 spiro atoms. The molecular formula is C11H13N3O2. The summed E-state index contributed by atoms with van der Waals surface area (Å²) in [5.41, 5.74) is 8.01. The van der Waals surface area contributed by atoms with Crippen LogP contribution in [0.1, 0.15) is 17.0 Å².